The maximum Gasteiger partial charge on any atom is 0.136 e. The fraction of sp³-hybridized carbons (Fsp3) is 0.923. The first kappa shape index (κ1) is 8.94. The monoisotopic (exact) mass is 192 g/mol. The van der Waals surface area contributed by atoms with Crippen LogP contribution in [0.2, 0.25) is 0 Å². The molecule has 1 heteroatoms. The van der Waals surface area contributed by atoms with Crippen molar-refractivity contribution in [2.75, 3.05) is 0 Å². The second-order valence-electron chi connectivity index (χ2n) is 5.56. The summed E-state index contributed by atoms with van der Waals surface area (Å²) in [5, 5.41) is 0. The van der Waals surface area contributed by atoms with E-state index < -0.39 is 0 Å². The second-order valence-corrected chi connectivity index (χ2v) is 5.56. The number of carbonyl (C=O) groups is 1. The van der Waals surface area contributed by atoms with E-state index >= 15 is 0 Å². The lowest BCUT2D eigenvalue weighted by molar-refractivity contribution is -0.130. The predicted octanol–water partition coefficient (Wildman–Crippen LogP) is 3.18. The number of rotatable bonds is 0. The Morgan fingerprint density at radius 1 is 0.857 bits per heavy atom. The number of hydrogen-bond donors (Lipinski definition) is 0. The fourth-order valence-corrected chi connectivity index (χ4v) is 4.41. The van der Waals surface area contributed by atoms with E-state index in [0.717, 1.165) is 24.2 Å². The van der Waals surface area contributed by atoms with Gasteiger partial charge >= 0.3 is 0 Å². The van der Waals surface area contributed by atoms with Crippen molar-refractivity contribution in [2.24, 2.45) is 23.7 Å². The third-order valence-electron chi connectivity index (χ3n) is 5.01. The maximum atomic E-state index is 11.8. The third-order valence-corrected chi connectivity index (χ3v) is 5.01. The molecule has 0 heterocycles. The van der Waals surface area contributed by atoms with E-state index in [1.807, 2.05) is 0 Å². The molecule has 3 aliphatic rings. The molecule has 0 bridgehead atoms. The van der Waals surface area contributed by atoms with Gasteiger partial charge < -0.3 is 0 Å². The van der Waals surface area contributed by atoms with Crippen molar-refractivity contribution in [3.8, 4) is 0 Å². The van der Waals surface area contributed by atoms with E-state index in [9.17, 15) is 4.79 Å². The van der Waals surface area contributed by atoms with Crippen LogP contribution in [0, 0.1) is 23.7 Å². The molecular weight excluding hydrogens is 172 g/mol. The molecule has 1 nitrogen and oxygen atoms in total. The van der Waals surface area contributed by atoms with E-state index in [2.05, 4.69) is 0 Å². The molecule has 78 valence electrons. The zero-order valence-corrected chi connectivity index (χ0v) is 8.87. The Morgan fingerprint density at radius 3 is 2.64 bits per heavy atom. The molecule has 3 rings (SSSR count). The summed E-state index contributed by atoms with van der Waals surface area (Å²) in [7, 11) is 0. The van der Waals surface area contributed by atoms with Crippen LogP contribution in [0.1, 0.15) is 51.4 Å². The molecule has 14 heavy (non-hydrogen) atoms. The quantitative estimate of drug-likeness (QED) is 0.576. The van der Waals surface area contributed by atoms with Crippen molar-refractivity contribution in [1.82, 2.24) is 0 Å². The van der Waals surface area contributed by atoms with Crippen molar-refractivity contribution < 1.29 is 4.79 Å². The molecule has 0 aromatic carbocycles. The van der Waals surface area contributed by atoms with E-state index in [4.69, 9.17) is 0 Å². The van der Waals surface area contributed by atoms with Crippen molar-refractivity contribution in [3.63, 3.8) is 0 Å². The number of ketones is 1. The zero-order valence-electron chi connectivity index (χ0n) is 8.87. The van der Waals surface area contributed by atoms with Gasteiger partial charge in [-0.25, -0.2) is 0 Å². The first-order chi connectivity index (χ1) is 6.86. The predicted molar refractivity (Wildman–Crippen MR) is 55.9 cm³/mol. The largest absolute Gasteiger partial charge is 0.299 e. The lowest BCUT2D eigenvalue weighted by Crippen LogP contribution is -2.38. The van der Waals surface area contributed by atoms with Gasteiger partial charge in [0.2, 0.25) is 0 Å². The van der Waals surface area contributed by atoms with Crippen LogP contribution >= 0.6 is 0 Å². The van der Waals surface area contributed by atoms with Crippen molar-refractivity contribution in [2.45, 2.75) is 51.4 Å². The van der Waals surface area contributed by atoms with Crippen LogP contribution in [0.5, 0.6) is 0 Å². The summed E-state index contributed by atoms with van der Waals surface area (Å²) in [5.74, 6) is 3.84. The highest BCUT2D eigenvalue weighted by molar-refractivity contribution is 5.82. The molecule has 3 fully saturated rings. The Morgan fingerprint density at radius 2 is 1.71 bits per heavy atom. The molecule has 0 amide bonds. The van der Waals surface area contributed by atoms with Crippen LogP contribution in [-0.2, 0) is 4.79 Å². The van der Waals surface area contributed by atoms with Gasteiger partial charge in [0.25, 0.3) is 0 Å². The van der Waals surface area contributed by atoms with E-state index in [1.54, 1.807) is 0 Å². The van der Waals surface area contributed by atoms with Gasteiger partial charge in [0, 0.05) is 12.3 Å². The van der Waals surface area contributed by atoms with Gasteiger partial charge in [0.05, 0.1) is 0 Å². The minimum atomic E-state index is 0.489. The standard InChI is InChI=1S/C13H20O/c14-13-6-2-5-11-10-4-1-3-9(10)7-8-12(11)13/h9-12H,1-8H2/t9-,10-,11+,12+/m1/s1. The number of fused-ring (bicyclic) bond motifs is 3. The Hall–Kier alpha value is -0.330. The summed E-state index contributed by atoms with van der Waals surface area (Å²) < 4.78 is 0. The molecule has 0 radical (unpaired) electrons. The van der Waals surface area contributed by atoms with Crippen LogP contribution < -0.4 is 0 Å². The maximum absolute atomic E-state index is 11.8. The summed E-state index contributed by atoms with van der Waals surface area (Å²) in [4.78, 5) is 11.8. The zero-order chi connectivity index (χ0) is 9.54. The van der Waals surface area contributed by atoms with Crippen LogP contribution in [-0.4, -0.2) is 5.78 Å². The number of Topliss-reactive ketones (excluding diaryl/α,β-unsaturated/α-hetero) is 1. The molecule has 0 aromatic heterocycles. The Kier molecular flexibility index (Phi) is 2.14. The van der Waals surface area contributed by atoms with Crippen molar-refractivity contribution in [1.29, 1.82) is 0 Å². The van der Waals surface area contributed by atoms with Crippen LogP contribution in [0.25, 0.3) is 0 Å². The first-order valence-electron chi connectivity index (χ1n) is 6.39. The van der Waals surface area contributed by atoms with Crippen LogP contribution in [0.4, 0.5) is 0 Å². The van der Waals surface area contributed by atoms with Gasteiger partial charge in [0.15, 0.2) is 0 Å². The lowest BCUT2D eigenvalue weighted by atomic mass is 9.62. The van der Waals surface area contributed by atoms with Gasteiger partial charge in [-0.3, -0.25) is 4.79 Å². The molecule has 3 saturated carbocycles. The minimum absolute atomic E-state index is 0.489. The van der Waals surface area contributed by atoms with Crippen LogP contribution in [0.15, 0.2) is 0 Å². The van der Waals surface area contributed by atoms with E-state index in [-0.39, 0.29) is 0 Å². The Balaban J connectivity index is 1.82. The van der Waals surface area contributed by atoms with Gasteiger partial charge in [-0.15, -0.1) is 0 Å². The molecule has 0 aliphatic heterocycles. The Bertz CT molecular complexity index is 246. The van der Waals surface area contributed by atoms with Crippen molar-refractivity contribution >= 4 is 5.78 Å². The molecule has 0 spiro atoms. The lowest BCUT2D eigenvalue weighted by Gasteiger charge is -2.42. The average Bonchev–Trinajstić information content (AvgIpc) is 2.66. The topological polar surface area (TPSA) is 17.1 Å². The summed E-state index contributed by atoms with van der Waals surface area (Å²) >= 11 is 0. The smallest absolute Gasteiger partial charge is 0.136 e. The molecular formula is C13H20O. The van der Waals surface area contributed by atoms with Gasteiger partial charge in [-0.1, -0.05) is 12.8 Å². The van der Waals surface area contributed by atoms with Crippen molar-refractivity contribution in [3.05, 3.63) is 0 Å². The highest BCUT2D eigenvalue weighted by atomic mass is 16.1. The first-order valence-corrected chi connectivity index (χ1v) is 6.39. The van der Waals surface area contributed by atoms with Gasteiger partial charge in [-0.2, -0.15) is 0 Å². The minimum Gasteiger partial charge on any atom is -0.299 e. The van der Waals surface area contributed by atoms with E-state index in [0.29, 0.717) is 11.7 Å². The van der Waals surface area contributed by atoms with Gasteiger partial charge in [-0.05, 0) is 49.9 Å². The highest BCUT2D eigenvalue weighted by Crippen LogP contribution is 2.51. The molecule has 0 N–H and O–H groups in total. The normalized spacial score (nSPS) is 47.3. The molecule has 4 atom stereocenters. The molecule has 0 unspecified atom stereocenters. The number of carbonyl (C=O) groups excluding carboxylic acids is 1. The second kappa shape index (κ2) is 3.36. The number of hydrogen-bond acceptors (Lipinski definition) is 1. The average molecular weight is 192 g/mol. The molecule has 0 aromatic rings. The third kappa shape index (κ3) is 1.24. The highest BCUT2D eigenvalue weighted by Gasteiger charge is 2.44. The summed E-state index contributed by atoms with van der Waals surface area (Å²) in [5.41, 5.74) is 0. The SMILES string of the molecule is O=C1CCC[C@H]2[C@@H]3CCC[C@@H]3CC[C@H]12. The Labute approximate surface area is 86.3 Å². The molecule has 0 saturated heterocycles. The molecule has 3 aliphatic carbocycles. The summed E-state index contributed by atoms with van der Waals surface area (Å²) in [6.07, 6.45) is 10.3. The summed E-state index contributed by atoms with van der Waals surface area (Å²) in [6, 6.07) is 0. The summed E-state index contributed by atoms with van der Waals surface area (Å²) in [6.45, 7) is 0. The van der Waals surface area contributed by atoms with Gasteiger partial charge in [0.1, 0.15) is 5.78 Å². The van der Waals surface area contributed by atoms with E-state index in [1.165, 1.54) is 44.9 Å². The van der Waals surface area contributed by atoms with Crippen LogP contribution in [0.3, 0.4) is 0 Å². The fourth-order valence-electron chi connectivity index (χ4n) is 4.41.